The Morgan fingerprint density at radius 1 is 1.03 bits per heavy atom. The minimum atomic E-state index is -1.03. The molecule has 6 heteroatoms. The number of aromatic nitrogens is 1. The molecule has 0 atom stereocenters. The summed E-state index contributed by atoms with van der Waals surface area (Å²) in [6, 6.07) is 23.2. The van der Waals surface area contributed by atoms with Crippen LogP contribution in [0.5, 0.6) is 5.75 Å². The number of carbonyl (C=O) groups is 1. The number of nitrogens with one attached hydrogen (secondary N) is 1. The van der Waals surface area contributed by atoms with Gasteiger partial charge in [-0.05, 0) is 62.4 Å². The lowest BCUT2D eigenvalue weighted by atomic mass is 10.1. The fourth-order valence-corrected chi connectivity index (χ4v) is 4.08. The second-order valence-corrected chi connectivity index (χ2v) is 9.03. The van der Waals surface area contributed by atoms with Gasteiger partial charge in [0.15, 0.2) is 5.60 Å². The quantitative estimate of drug-likeness (QED) is 0.364. The number of para-hydroxylation sites is 1. The molecular formula is C23H19BrN2O2S. The number of halogens is 1. The van der Waals surface area contributed by atoms with E-state index in [-0.39, 0.29) is 5.91 Å². The van der Waals surface area contributed by atoms with Gasteiger partial charge in [0, 0.05) is 15.7 Å². The molecule has 0 saturated heterocycles. The van der Waals surface area contributed by atoms with Crippen molar-refractivity contribution in [1.29, 1.82) is 0 Å². The molecule has 4 aromatic rings. The second-order valence-electron chi connectivity index (χ2n) is 7.09. The average molecular weight is 467 g/mol. The minimum Gasteiger partial charge on any atom is -0.478 e. The first kappa shape index (κ1) is 19.6. The maximum absolute atomic E-state index is 12.8. The fourth-order valence-electron chi connectivity index (χ4n) is 2.85. The van der Waals surface area contributed by atoms with E-state index < -0.39 is 5.60 Å². The molecule has 0 bridgehead atoms. The summed E-state index contributed by atoms with van der Waals surface area (Å²) in [5.41, 5.74) is 1.63. The maximum atomic E-state index is 12.8. The van der Waals surface area contributed by atoms with Gasteiger partial charge in [0.25, 0.3) is 5.91 Å². The van der Waals surface area contributed by atoms with E-state index in [9.17, 15) is 4.79 Å². The zero-order chi connectivity index (χ0) is 20.4. The molecule has 0 spiro atoms. The zero-order valence-corrected chi connectivity index (χ0v) is 18.4. The van der Waals surface area contributed by atoms with Crippen LogP contribution in [0, 0.1) is 0 Å². The number of fused-ring (bicyclic) bond motifs is 1. The third kappa shape index (κ3) is 4.49. The molecule has 0 aliphatic rings. The molecular weight excluding hydrogens is 448 g/mol. The van der Waals surface area contributed by atoms with Crippen molar-refractivity contribution in [2.45, 2.75) is 19.4 Å². The fraction of sp³-hybridized carbons (Fsp3) is 0.130. The number of ether oxygens (including phenoxy) is 1. The zero-order valence-electron chi connectivity index (χ0n) is 16.0. The van der Waals surface area contributed by atoms with E-state index in [4.69, 9.17) is 9.72 Å². The van der Waals surface area contributed by atoms with E-state index in [1.807, 2.05) is 66.7 Å². The number of thiazole rings is 1. The first-order valence-electron chi connectivity index (χ1n) is 9.13. The van der Waals surface area contributed by atoms with Gasteiger partial charge in [0.05, 0.1) is 10.2 Å². The van der Waals surface area contributed by atoms with Gasteiger partial charge in [0.2, 0.25) is 0 Å². The number of rotatable bonds is 5. The summed E-state index contributed by atoms with van der Waals surface area (Å²) in [5, 5.41) is 3.89. The Morgan fingerprint density at radius 3 is 2.55 bits per heavy atom. The van der Waals surface area contributed by atoms with Crippen LogP contribution in [0.4, 0.5) is 5.69 Å². The van der Waals surface area contributed by atoms with Crippen molar-refractivity contribution in [3.63, 3.8) is 0 Å². The minimum absolute atomic E-state index is 0.220. The molecule has 146 valence electrons. The summed E-state index contributed by atoms with van der Waals surface area (Å²) >= 11 is 5.03. The number of hydrogen-bond donors (Lipinski definition) is 1. The van der Waals surface area contributed by atoms with E-state index in [1.165, 1.54) is 0 Å². The normalized spacial score (nSPS) is 11.4. The highest BCUT2D eigenvalue weighted by molar-refractivity contribution is 9.10. The summed E-state index contributed by atoms with van der Waals surface area (Å²) in [5.74, 6) is 0.415. The van der Waals surface area contributed by atoms with Crippen LogP contribution < -0.4 is 10.1 Å². The van der Waals surface area contributed by atoms with Crippen LogP contribution in [0.3, 0.4) is 0 Å². The SMILES string of the molecule is CC(C)(Oc1ccc(Br)cc1)C(=O)Nc1cccc(-c2nc3ccccc3s2)c1. The first-order valence-corrected chi connectivity index (χ1v) is 10.7. The van der Waals surface area contributed by atoms with E-state index in [0.29, 0.717) is 11.4 Å². The van der Waals surface area contributed by atoms with Gasteiger partial charge in [-0.15, -0.1) is 11.3 Å². The molecule has 0 saturated carbocycles. The molecule has 1 aromatic heterocycles. The van der Waals surface area contributed by atoms with Crippen LogP contribution >= 0.6 is 27.3 Å². The van der Waals surface area contributed by atoms with E-state index >= 15 is 0 Å². The molecule has 0 unspecified atom stereocenters. The Bertz CT molecular complexity index is 1140. The topological polar surface area (TPSA) is 51.2 Å². The van der Waals surface area contributed by atoms with E-state index in [2.05, 4.69) is 27.3 Å². The molecule has 0 aliphatic heterocycles. The third-order valence-electron chi connectivity index (χ3n) is 4.39. The van der Waals surface area contributed by atoms with Crippen LogP contribution in [0.25, 0.3) is 20.8 Å². The van der Waals surface area contributed by atoms with Crippen molar-refractivity contribution in [3.05, 3.63) is 77.3 Å². The Balaban J connectivity index is 1.52. The highest BCUT2D eigenvalue weighted by atomic mass is 79.9. The average Bonchev–Trinajstić information content (AvgIpc) is 3.14. The number of nitrogens with zero attached hydrogens (tertiary/aromatic N) is 1. The van der Waals surface area contributed by atoms with Crippen molar-refractivity contribution in [3.8, 4) is 16.3 Å². The van der Waals surface area contributed by atoms with Crippen LogP contribution in [-0.4, -0.2) is 16.5 Å². The predicted molar refractivity (Wildman–Crippen MR) is 123 cm³/mol. The van der Waals surface area contributed by atoms with Crippen molar-refractivity contribution < 1.29 is 9.53 Å². The van der Waals surface area contributed by atoms with Gasteiger partial charge < -0.3 is 10.1 Å². The molecule has 29 heavy (non-hydrogen) atoms. The Kier molecular flexibility index (Phi) is 5.39. The first-order chi connectivity index (χ1) is 13.9. The van der Waals surface area contributed by atoms with Gasteiger partial charge >= 0.3 is 0 Å². The molecule has 1 heterocycles. The summed E-state index contributed by atoms with van der Waals surface area (Å²) in [6.07, 6.45) is 0. The van der Waals surface area contributed by atoms with Gasteiger partial charge in [-0.1, -0.05) is 40.2 Å². The molecule has 3 aromatic carbocycles. The van der Waals surface area contributed by atoms with E-state index in [0.717, 1.165) is 25.3 Å². The molecule has 0 aliphatic carbocycles. The second kappa shape index (κ2) is 7.97. The summed E-state index contributed by atoms with van der Waals surface area (Å²) in [4.78, 5) is 17.5. The number of amides is 1. The molecule has 1 N–H and O–H groups in total. The number of benzene rings is 3. The third-order valence-corrected chi connectivity index (χ3v) is 6.01. The van der Waals surface area contributed by atoms with Crippen LogP contribution in [0.15, 0.2) is 77.3 Å². The summed E-state index contributed by atoms with van der Waals surface area (Å²) in [7, 11) is 0. The van der Waals surface area contributed by atoms with Gasteiger partial charge in [-0.3, -0.25) is 4.79 Å². The molecule has 0 radical (unpaired) electrons. The molecule has 4 rings (SSSR count). The van der Waals surface area contributed by atoms with Crippen molar-refractivity contribution in [1.82, 2.24) is 4.98 Å². The Hall–Kier alpha value is -2.70. The molecule has 4 nitrogen and oxygen atoms in total. The van der Waals surface area contributed by atoms with Crippen LogP contribution in [0.1, 0.15) is 13.8 Å². The van der Waals surface area contributed by atoms with Gasteiger partial charge in [-0.25, -0.2) is 4.98 Å². The Labute approximate surface area is 181 Å². The number of hydrogen-bond acceptors (Lipinski definition) is 4. The lowest BCUT2D eigenvalue weighted by Crippen LogP contribution is -2.42. The van der Waals surface area contributed by atoms with Crippen molar-refractivity contribution in [2.75, 3.05) is 5.32 Å². The Morgan fingerprint density at radius 2 is 1.79 bits per heavy atom. The standard InChI is InChI=1S/C23H19BrN2O2S/c1-23(2,28-18-12-10-16(24)11-13-18)22(27)25-17-7-5-6-15(14-17)21-26-19-8-3-4-9-20(19)29-21/h3-14H,1-2H3,(H,25,27). The maximum Gasteiger partial charge on any atom is 0.267 e. The van der Waals surface area contributed by atoms with E-state index in [1.54, 1.807) is 25.2 Å². The smallest absolute Gasteiger partial charge is 0.267 e. The summed E-state index contributed by atoms with van der Waals surface area (Å²) in [6.45, 7) is 3.50. The van der Waals surface area contributed by atoms with Crippen LogP contribution in [-0.2, 0) is 4.79 Å². The van der Waals surface area contributed by atoms with Gasteiger partial charge in [-0.2, -0.15) is 0 Å². The lowest BCUT2D eigenvalue weighted by Gasteiger charge is -2.25. The molecule has 1 amide bonds. The monoisotopic (exact) mass is 466 g/mol. The predicted octanol–water partition coefficient (Wildman–Crippen LogP) is 6.52. The number of anilines is 1. The highest BCUT2D eigenvalue weighted by Gasteiger charge is 2.30. The lowest BCUT2D eigenvalue weighted by molar-refractivity contribution is -0.128. The largest absolute Gasteiger partial charge is 0.478 e. The highest BCUT2D eigenvalue weighted by Crippen LogP contribution is 2.31. The summed E-state index contributed by atoms with van der Waals surface area (Å²) < 4.78 is 8.00. The van der Waals surface area contributed by atoms with Crippen molar-refractivity contribution >= 4 is 49.1 Å². The van der Waals surface area contributed by atoms with Crippen molar-refractivity contribution in [2.24, 2.45) is 0 Å². The number of carbonyl (C=O) groups excluding carboxylic acids is 1. The van der Waals surface area contributed by atoms with Gasteiger partial charge in [0.1, 0.15) is 10.8 Å². The van der Waals surface area contributed by atoms with Crippen LogP contribution in [0.2, 0.25) is 0 Å². The molecule has 0 fully saturated rings.